The molecule has 0 aromatic heterocycles. The standard InChI is InChI=1S/C15H20N2O3/c1-5-14(19)17(6-2)9-13(18)16-12-7-10(3)15(20)11(4)8-12/h5,7-8,20H,1,6,9H2,2-4H3,(H,16,18). The van der Waals surface area contributed by atoms with Crippen LogP contribution < -0.4 is 5.32 Å². The summed E-state index contributed by atoms with van der Waals surface area (Å²) in [4.78, 5) is 24.8. The van der Waals surface area contributed by atoms with Crippen molar-refractivity contribution >= 4 is 17.5 Å². The summed E-state index contributed by atoms with van der Waals surface area (Å²) in [6.45, 7) is 9.13. The Bertz CT molecular complexity index is 515. The first kappa shape index (κ1) is 15.8. The molecule has 0 radical (unpaired) electrons. The van der Waals surface area contributed by atoms with E-state index in [0.29, 0.717) is 23.4 Å². The average Bonchev–Trinajstić information content (AvgIpc) is 2.41. The number of amides is 2. The van der Waals surface area contributed by atoms with Gasteiger partial charge in [0.1, 0.15) is 12.3 Å². The Kier molecular flexibility index (Phi) is 5.32. The first-order chi connectivity index (χ1) is 9.38. The maximum absolute atomic E-state index is 11.9. The maximum atomic E-state index is 11.9. The normalized spacial score (nSPS) is 9.95. The number of phenols is 1. The fraction of sp³-hybridized carbons (Fsp3) is 0.333. The summed E-state index contributed by atoms with van der Waals surface area (Å²) in [5.74, 6) is -0.340. The van der Waals surface area contributed by atoms with E-state index in [1.54, 1.807) is 32.9 Å². The Labute approximate surface area is 118 Å². The highest BCUT2D eigenvalue weighted by Gasteiger charge is 2.13. The molecule has 108 valence electrons. The molecule has 2 N–H and O–H groups in total. The minimum Gasteiger partial charge on any atom is -0.507 e. The second-order valence-electron chi connectivity index (χ2n) is 4.56. The van der Waals surface area contributed by atoms with E-state index >= 15 is 0 Å². The molecule has 20 heavy (non-hydrogen) atoms. The van der Waals surface area contributed by atoms with E-state index in [1.165, 1.54) is 11.0 Å². The third-order valence-corrected chi connectivity index (χ3v) is 2.98. The molecule has 0 heterocycles. The second kappa shape index (κ2) is 6.75. The molecular formula is C15H20N2O3. The lowest BCUT2D eigenvalue weighted by Gasteiger charge is -2.18. The zero-order chi connectivity index (χ0) is 15.3. The lowest BCUT2D eigenvalue weighted by Crippen LogP contribution is -2.36. The summed E-state index contributed by atoms with van der Waals surface area (Å²) in [5, 5.41) is 12.4. The zero-order valence-corrected chi connectivity index (χ0v) is 12.1. The molecule has 0 aliphatic heterocycles. The Morgan fingerprint density at radius 2 is 1.90 bits per heavy atom. The van der Waals surface area contributed by atoms with Gasteiger partial charge in [0.25, 0.3) is 0 Å². The Balaban J connectivity index is 2.76. The third-order valence-electron chi connectivity index (χ3n) is 2.98. The van der Waals surface area contributed by atoms with Gasteiger partial charge in [0.15, 0.2) is 0 Å². The fourth-order valence-corrected chi connectivity index (χ4v) is 1.88. The minimum absolute atomic E-state index is 0.0275. The molecule has 0 unspecified atom stereocenters. The third kappa shape index (κ3) is 3.85. The molecule has 0 saturated carbocycles. The van der Waals surface area contributed by atoms with E-state index in [0.717, 1.165) is 0 Å². The summed E-state index contributed by atoms with van der Waals surface area (Å²) >= 11 is 0. The van der Waals surface area contributed by atoms with Crippen molar-refractivity contribution < 1.29 is 14.7 Å². The van der Waals surface area contributed by atoms with Gasteiger partial charge in [0.2, 0.25) is 11.8 Å². The van der Waals surface area contributed by atoms with E-state index in [1.807, 2.05) is 0 Å². The molecule has 0 atom stereocenters. The van der Waals surface area contributed by atoms with E-state index in [2.05, 4.69) is 11.9 Å². The molecule has 0 fully saturated rings. The molecule has 0 aliphatic carbocycles. The van der Waals surface area contributed by atoms with Crippen LogP contribution in [0, 0.1) is 13.8 Å². The SMILES string of the molecule is C=CC(=O)N(CC)CC(=O)Nc1cc(C)c(O)c(C)c1. The fourth-order valence-electron chi connectivity index (χ4n) is 1.88. The number of hydrogen-bond acceptors (Lipinski definition) is 3. The highest BCUT2D eigenvalue weighted by atomic mass is 16.3. The molecule has 5 heteroatoms. The highest BCUT2D eigenvalue weighted by molar-refractivity contribution is 5.96. The predicted molar refractivity (Wildman–Crippen MR) is 78.7 cm³/mol. The minimum atomic E-state index is -0.286. The van der Waals surface area contributed by atoms with Crippen molar-refractivity contribution in [1.82, 2.24) is 4.90 Å². The molecule has 2 amide bonds. The van der Waals surface area contributed by atoms with Gasteiger partial charge in [0.05, 0.1) is 0 Å². The van der Waals surface area contributed by atoms with Crippen molar-refractivity contribution in [3.8, 4) is 5.75 Å². The van der Waals surface area contributed by atoms with Crippen molar-refractivity contribution in [3.63, 3.8) is 0 Å². The quantitative estimate of drug-likeness (QED) is 0.638. The first-order valence-electron chi connectivity index (χ1n) is 6.40. The molecule has 1 rings (SSSR count). The topological polar surface area (TPSA) is 69.6 Å². The number of carbonyl (C=O) groups excluding carboxylic acids is 2. The second-order valence-corrected chi connectivity index (χ2v) is 4.56. The lowest BCUT2D eigenvalue weighted by atomic mass is 10.1. The van der Waals surface area contributed by atoms with Gasteiger partial charge >= 0.3 is 0 Å². The Hall–Kier alpha value is -2.30. The van der Waals surface area contributed by atoms with Crippen molar-refractivity contribution in [2.75, 3.05) is 18.4 Å². The van der Waals surface area contributed by atoms with Crippen LogP contribution in [0.25, 0.3) is 0 Å². The van der Waals surface area contributed by atoms with Crippen molar-refractivity contribution in [1.29, 1.82) is 0 Å². The van der Waals surface area contributed by atoms with Gasteiger partial charge in [-0.3, -0.25) is 9.59 Å². The molecule has 1 aromatic carbocycles. The summed E-state index contributed by atoms with van der Waals surface area (Å²) in [5.41, 5.74) is 1.98. The number of nitrogens with one attached hydrogen (secondary N) is 1. The van der Waals surface area contributed by atoms with Crippen LogP contribution in [0.2, 0.25) is 0 Å². The van der Waals surface area contributed by atoms with Gasteiger partial charge in [-0.2, -0.15) is 0 Å². The lowest BCUT2D eigenvalue weighted by molar-refractivity contribution is -0.130. The number of benzene rings is 1. The summed E-state index contributed by atoms with van der Waals surface area (Å²) < 4.78 is 0. The van der Waals surface area contributed by atoms with Crippen LogP contribution in [-0.4, -0.2) is 34.9 Å². The molecule has 0 spiro atoms. The van der Waals surface area contributed by atoms with Crippen LogP contribution in [0.4, 0.5) is 5.69 Å². The first-order valence-corrected chi connectivity index (χ1v) is 6.40. The summed E-state index contributed by atoms with van der Waals surface area (Å²) in [7, 11) is 0. The van der Waals surface area contributed by atoms with Crippen molar-refractivity contribution in [2.24, 2.45) is 0 Å². The largest absolute Gasteiger partial charge is 0.507 e. The monoisotopic (exact) mass is 276 g/mol. The Morgan fingerprint density at radius 3 is 2.35 bits per heavy atom. The zero-order valence-electron chi connectivity index (χ0n) is 12.1. The molecule has 1 aromatic rings. The van der Waals surface area contributed by atoms with Crippen molar-refractivity contribution in [2.45, 2.75) is 20.8 Å². The average molecular weight is 276 g/mol. The number of aryl methyl sites for hydroxylation is 2. The molecule has 5 nitrogen and oxygen atoms in total. The van der Waals surface area contributed by atoms with Crippen LogP contribution in [0.1, 0.15) is 18.1 Å². The highest BCUT2D eigenvalue weighted by Crippen LogP contribution is 2.25. The van der Waals surface area contributed by atoms with E-state index < -0.39 is 0 Å². The van der Waals surface area contributed by atoms with Crippen LogP contribution >= 0.6 is 0 Å². The van der Waals surface area contributed by atoms with Crippen LogP contribution in [0.3, 0.4) is 0 Å². The molecule has 0 aliphatic rings. The van der Waals surface area contributed by atoms with Gasteiger partial charge in [-0.1, -0.05) is 6.58 Å². The van der Waals surface area contributed by atoms with Crippen molar-refractivity contribution in [3.05, 3.63) is 35.9 Å². The van der Waals surface area contributed by atoms with E-state index in [-0.39, 0.29) is 24.1 Å². The Morgan fingerprint density at radius 1 is 1.35 bits per heavy atom. The van der Waals surface area contributed by atoms with Gasteiger partial charge in [0, 0.05) is 12.2 Å². The van der Waals surface area contributed by atoms with Crippen LogP contribution in [0.5, 0.6) is 5.75 Å². The van der Waals surface area contributed by atoms with E-state index in [9.17, 15) is 14.7 Å². The number of carbonyl (C=O) groups is 2. The number of aromatic hydroxyl groups is 1. The summed E-state index contributed by atoms with van der Waals surface area (Å²) in [6, 6.07) is 3.37. The van der Waals surface area contributed by atoms with Crippen LogP contribution in [0.15, 0.2) is 24.8 Å². The predicted octanol–water partition coefficient (Wildman–Crippen LogP) is 1.98. The molecule has 0 saturated heterocycles. The number of phenolic OH excluding ortho intramolecular Hbond substituents is 1. The number of anilines is 1. The molecular weight excluding hydrogens is 256 g/mol. The van der Waals surface area contributed by atoms with Crippen LogP contribution in [-0.2, 0) is 9.59 Å². The number of nitrogens with zero attached hydrogens (tertiary/aromatic N) is 1. The number of rotatable bonds is 5. The van der Waals surface area contributed by atoms with Gasteiger partial charge < -0.3 is 15.3 Å². The summed E-state index contributed by atoms with van der Waals surface area (Å²) in [6.07, 6.45) is 1.19. The smallest absolute Gasteiger partial charge is 0.246 e. The number of likely N-dealkylation sites (N-methyl/N-ethyl adjacent to an activating group) is 1. The van der Waals surface area contributed by atoms with Gasteiger partial charge in [-0.05, 0) is 50.1 Å². The van der Waals surface area contributed by atoms with E-state index in [4.69, 9.17) is 0 Å². The van der Waals surface area contributed by atoms with Gasteiger partial charge in [-0.15, -0.1) is 0 Å². The maximum Gasteiger partial charge on any atom is 0.246 e. The molecule has 0 bridgehead atoms. The number of hydrogen-bond donors (Lipinski definition) is 2. The van der Waals surface area contributed by atoms with Gasteiger partial charge in [-0.25, -0.2) is 0 Å².